The lowest BCUT2D eigenvalue weighted by Crippen LogP contribution is -2.49. The van der Waals surface area contributed by atoms with Gasteiger partial charge >= 0.3 is 0 Å². The Balaban J connectivity index is 1.53. The van der Waals surface area contributed by atoms with Crippen molar-refractivity contribution in [1.82, 2.24) is 5.32 Å². The Labute approximate surface area is 112 Å². The van der Waals surface area contributed by atoms with E-state index in [9.17, 15) is 0 Å². The van der Waals surface area contributed by atoms with Gasteiger partial charge in [-0.15, -0.1) is 0 Å². The van der Waals surface area contributed by atoms with Crippen molar-refractivity contribution in [3.63, 3.8) is 0 Å². The summed E-state index contributed by atoms with van der Waals surface area (Å²) in [6.07, 6.45) is 4.39. The highest BCUT2D eigenvalue weighted by molar-refractivity contribution is 7.07. The molecule has 3 rings (SSSR count). The smallest absolute Gasteiger partial charge is 0.0741 e. The van der Waals surface area contributed by atoms with Crippen LogP contribution in [-0.4, -0.2) is 31.5 Å². The maximum atomic E-state index is 6.06. The van der Waals surface area contributed by atoms with Gasteiger partial charge in [0.05, 0.1) is 5.60 Å². The second-order valence-corrected chi connectivity index (χ2v) is 6.13. The third-order valence-electron chi connectivity index (χ3n) is 4.07. The lowest BCUT2D eigenvalue weighted by Gasteiger charge is -2.43. The summed E-state index contributed by atoms with van der Waals surface area (Å²) in [6.45, 7) is 3.59. The summed E-state index contributed by atoms with van der Waals surface area (Å²) in [5, 5.41) is 8.04. The van der Waals surface area contributed by atoms with Gasteiger partial charge in [-0.2, -0.15) is 11.3 Å². The summed E-state index contributed by atoms with van der Waals surface area (Å²) in [5.41, 5.74) is 1.50. The monoisotopic (exact) mass is 267 g/mol. The summed E-state index contributed by atoms with van der Waals surface area (Å²) < 4.78 is 11.5. The third-order valence-corrected chi connectivity index (χ3v) is 4.80. The Morgan fingerprint density at radius 1 is 1.33 bits per heavy atom. The molecule has 2 aliphatic rings. The van der Waals surface area contributed by atoms with Crippen molar-refractivity contribution in [3.8, 4) is 0 Å². The van der Waals surface area contributed by atoms with Crippen LogP contribution < -0.4 is 5.32 Å². The molecule has 1 aromatic rings. The Bertz CT molecular complexity index is 354. The van der Waals surface area contributed by atoms with Crippen LogP contribution in [0.15, 0.2) is 16.8 Å². The first-order valence-electron chi connectivity index (χ1n) is 6.83. The standard InChI is InChI=1S/C14H21NO2S/c1-5-17-14(3-6-16-7-4-14)9-13(1)15-10-12-2-8-18-11-12/h2,8,11,13,15H,1,3-7,9-10H2/t13-/m1/s1. The normalized spacial score (nSPS) is 27.4. The number of rotatable bonds is 3. The lowest BCUT2D eigenvalue weighted by molar-refractivity contribution is -0.140. The zero-order chi connectivity index (χ0) is 12.3. The third kappa shape index (κ3) is 2.94. The molecule has 0 saturated carbocycles. The fourth-order valence-electron chi connectivity index (χ4n) is 2.95. The molecular weight excluding hydrogens is 246 g/mol. The summed E-state index contributed by atoms with van der Waals surface area (Å²) in [6, 6.07) is 2.79. The van der Waals surface area contributed by atoms with E-state index in [1.54, 1.807) is 11.3 Å². The Morgan fingerprint density at radius 2 is 2.22 bits per heavy atom. The van der Waals surface area contributed by atoms with Crippen LogP contribution in [0.3, 0.4) is 0 Å². The minimum Gasteiger partial charge on any atom is -0.381 e. The molecule has 2 aliphatic heterocycles. The molecule has 3 nitrogen and oxygen atoms in total. The van der Waals surface area contributed by atoms with Gasteiger partial charge in [-0.3, -0.25) is 0 Å². The van der Waals surface area contributed by atoms with Crippen LogP contribution in [-0.2, 0) is 16.0 Å². The van der Waals surface area contributed by atoms with Crippen LogP contribution in [0.25, 0.3) is 0 Å². The average Bonchev–Trinajstić information content (AvgIpc) is 2.91. The van der Waals surface area contributed by atoms with E-state index in [2.05, 4.69) is 22.1 Å². The van der Waals surface area contributed by atoms with E-state index in [1.165, 1.54) is 5.56 Å². The van der Waals surface area contributed by atoms with Gasteiger partial charge in [-0.25, -0.2) is 0 Å². The van der Waals surface area contributed by atoms with Crippen molar-refractivity contribution in [2.45, 2.75) is 43.9 Å². The number of ether oxygens (including phenoxy) is 2. The van der Waals surface area contributed by atoms with E-state index in [-0.39, 0.29) is 5.60 Å². The van der Waals surface area contributed by atoms with Crippen molar-refractivity contribution in [1.29, 1.82) is 0 Å². The molecule has 0 bridgehead atoms. The van der Waals surface area contributed by atoms with Gasteiger partial charge in [0, 0.05) is 32.4 Å². The molecule has 0 amide bonds. The molecule has 0 aliphatic carbocycles. The molecule has 100 valence electrons. The van der Waals surface area contributed by atoms with Crippen molar-refractivity contribution >= 4 is 11.3 Å². The van der Waals surface area contributed by atoms with E-state index in [0.717, 1.165) is 52.0 Å². The summed E-state index contributed by atoms with van der Waals surface area (Å²) in [4.78, 5) is 0. The number of hydrogen-bond donors (Lipinski definition) is 1. The molecule has 4 heteroatoms. The highest BCUT2D eigenvalue weighted by Gasteiger charge is 2.38. The Hall–Kier alpha value is -0.420. The Kier molecular flexibility index (Phi) is 3.99. The number of hydrogen-bond acceptors (Lipinski definition) is 4. The molecule has 1 aromatic heterocycles. The van der Waals surface area contributed by atoms with Gasteiger partial charge in [0.2, 0.25) is 0 Å². The molecule has 0 unspecified atom stereocenters. The number of nitrogens with one attached hydrogen (secondary N) is 1. The largest absolute Gasteiger partial charge is 0.381 e. The maximum Gasteiger partial charge on any atom is 0.0741 e. The van der Waals surface area contributed by atoms with E-state index < -0.39 is 0 Å². The van der Waals surface area contributed by atoms with Crippen LogP contribution in [0.4, 0.5) is 0 Å². The summed E-state index contributed by atoms with van der Waals surface area (Å²) in [7, 11) is 0. The summed E-state index contributed by atoms with van der Waals surface area (Å²) in [5.74, 6) is 0. The second kappa shape index (κ2) is 5.70. The van der Waals surface area contributed by atoms with Gasteiger partial charge in [0.1, 0.15) is 0 Å². The zero-order valence-corrected chi connectivity index (χ0v) is 11.5. The summed E-state index contributed by atoms with van der Waals surface area (Å²) >= 11 is 1.77. The fourth-order valence-corrected chi connectivity index (χ4v) is 3.62. The van der Waals surface area contributed by atoms with Gasteiger partial charge in [-0.1, -0.05) is 0 Å². The van der Waals surface area contributed by atoms with E-state index in [0.29, 0.717) is 6.04 Å². The van der Waals surface area contributed by atoms with Crippen molar-refractivity contribution in [3.05, 3.63) is 22.4 Å². The molecule has 1 atom stereocenters. The molecule has 3 heterocycles. The van der Waals surface area contributed by atoms with Crippen LogP contribution in [0, 0.1) is 0 Å². The lowest BCUT2D eigenvalue weighted by atomic mass is 9.84. The SMILES string of the molecule is c1cc(CN[C@@H]2CCOC3(CCOCC3)C2)cs1. The highest BCUT2D eigenvalue weighted by Crippen LogP contribution is 2.34. The highest BCUT2D eigenvalue weighted by atomic mass is 32.1. The van der Waals surface area contributed by atoms with Crippen molar-refractivity contribution in [2.75, 3.05) is 19.8 Å². The number of thiophene rings is 1. The zero-order valence-electron chi connectivity index (χ0n) is 10.7. The molecule has 1 N–H and O–H groups in total. The van der Waals surface area contributed by atoms with E-state index in [4.69, 9.17) is 9.47 Å². The molecule has 2 fully saturated rings. The minimum absolute atomic E-state index is 0.100. The maximum absolute atomic E-state index is 6.06. The average molecular weight is 267 g/mol. The first kappa shape index (κ1) is 12.6. The molecule has 18 heavy (non-hydrogen) atoms. The molecule has 2 saturated heterocycles. The minimum atomic E-state index is 0.100. The molecule has 0 radical (unpaired) electrons. The predicted octanol–water partition coefficient (Wildman–Crippen LogP) is 2.57. The van der Waals surface area contributed by atoms with Gasteiger partial charge in [-0.05, 0) is 48.1 Å². The van der Waals surface area contributed by atoms with Gasteiger partial charge in [0.25, 0.3) is 0 Å². The second-order valence-electron chi connectivity index (χ2n) is 5.35. The van der Waals surface area contributed by atoms with Crippen LogP contribution in [0.5, 0.6) is 0 Å². The fraction of sp³-hybridized carbons (Fsp3) is 0.714. The van der Waals surface area contributed by atoms with Crippen LogP contribution in [0.2, 0.25) is 0 Å². The Morgan fingerprint density at radius 3 is 3.00 bits per heavy atom. The van der Waals surface area contributed by atoms with E-state index in [1.807, 2.05) is 0 Å². The quantitative estimate of drug-likeness (QED) is 0.913. The van der Waals surface area contributed by atoms with Crippen LogP contribution in [0.1, 0.15) is 31.2 Å². The van der Waals surface area contributed by atoms with Gasteiger partial charge < -0.3 is 14.8 Å². The first-order chi connectivity index (χ1) is 8.86. The predicted molar refractivity (Wildman–Crippen MR) is 72.9 cm³/mol. The van der Waals surface area contributed by atoms with Crippen molar-refractivity contribution < 1.29 is 9.47 Å². The van der Waals surface area contributed by atoms with Crippen molar-refractivity contribution in [2.24, 2.45) is 0 Å². The first-order valence-corrected chi connectivity index (χ1v) is 7.77. The molecule has 1 spiro atoms. The topological polar surface area (TPSA) is 30.5 Å². The van der Waals surface area contributed by atoms with E-state index >= 15 is 0 Å². The van der Waals surface area contributed by atoms with Crippen LogP contribution >= 0.6 is 11.3 Å². The molecule has 0 aromatic carbocycles. The van der Waals surface area contributed by atoms with Gasteiger partial charge in [0.15, 0.2) is 0 Å². The molecular formula is C14H21NO2S.